The SMILES string of the molecule is COc1ncccc1C(=O)Cc1ccc(C(F)(F)F)cc1. The zero-order valence-electron chi connectivity index (χ0n) is 11.1. The van der Waals surface area contributed by atoms with E-state index in [1.165, 1.54) is 25.4 Å². The van der Waals surface area contributed by atoms with E-state index in [1.54, 1.807) is 12.1 Å². The number of ether oxygens (including phenoxy) is 1. The molecular weight excluding hydrogens is 283 g/mol. The number of benzene rings is 1. The maximum absolute atomic E-state index is 12.5. The average molecular weight is 295 g/mol. The van der Waals surface area contributed by atoms with Crippen molar-refractivity contribution in [3.63, 3.8) is 0 Å². The van der Waals surface area contributed by atoms with Gasteiger partial charge in [-0.15, -0.1) is 0 Å². The molecule has 0 aliphatic heterocycles. The van der Waals surface area contributed by atoms with Crippen LogP contribution in [-0.2, 0) is 12.6 Å². The zero-order valence-corrected chi connectivity index (χ0v) is 11.1. The smallest absolute Gasteiger partial charge is 0.416 e. The quantitative estimate of drug-likeness (QED) is 0.810. The van der Waals surface area contributed by atoms with Gasteiger partial charge in [-0.25, -0.2) is 4.98 Å². The Kier molecular flexibility index (Phi) is 4.26. The topological polar surface area (TPSA) is 39.2 Å². The molecule has 0 aliphatic carbocycles. The molecule has 0 unspecified atom stereocenters. The molecular formula is C15H12F3NO2. The fourth-order valence-corrected chi connectivity index (χ4v) is 1.86. The number of halogens is 3. The summed E-state index contributed by atoms with van der Waals surface area (Å²) < 4.78 is 42.3. The minimum atomic E-state index is -4.38. The van der Waals surface area contributed by atoms with E-state index in [9.17, 15) is 18.0 Å². The molecule has 0 saturated carbocycles. The number of ketones is 1. The van der Waals surface area contributed by atoms with Gasteiger partial charge in [0.05, 0.1) is 18.2 Å². The van der Waals surface area contributed by atoms with Gasteiger partial charge in [0.2, 0.25) is 5.88 Å². The van der Waals surface area contributed by atoms with E-state index >= 15 is 0 Å². The molecule has 0 bridgehead atoms. The number of methoxy groups -OCH3 is 1. The Labute approximate surface area is 119 Å². The second kappa shape index (κ2) is 5.95. The van der Waals surface area contributed by atoms with E-state index in [1.807, 2.05) is 0 Å². The number of aromatic nitrogens is 1. The third-order valence-corrected chi connectivity index (χ3v) is 2.91. The van der Waals surface area contributed by atoms with Gasteiger partial charge in [-0.1, -0.05) is 12.1 Å². The highest BCUT2D eigenvalue weighted by Gasteiger charge is 2.30. The predicted octanol–water partition coefficient (Wildman–Crippen LogP) is 3.53. The Morgan fingerprint density at radius 2 is 1.86 bits per heavy atom. The normalized spacial score (nSPS) is 11.2. The van der Waals surface area contributed by atoms with Gasteiger partial charge in [0.15, 0.2) is 5.78 Å². The summed E-state index contributed by atoms with van der Waals surface area (Å²) in [6, 6.07) is 7.68. The highest BCUT2D eigenvalue weighted by molar-refractivity contribution is 5.99. The molecule has 0 aliphatic rings. The standard InChI is InChI=1S/C15H12F3NO2/c1-21-14-12(3-2-8-19-14)13(20)9-10-4-6-11(7-5-10)15(16,17)18/h2-8H,9H2,1H3. The Bertz CT molecular complexity index is 636. The van der Waals surface area contributed by atoms with Crippen molar-refractivity contribution in [2.75, 3.05) is 7.11 Å². The average Bonchev–Trinajstić information content (AvgIpc) is 2.46. The van der Waals surface area contributed by atoms with Crippen LogP contribution in [0.5, 0.6) is 5.88 Å². The van der Waals surface area contributed by atoms with E-state index in [-0.39, 0.29) is 18.1 Å². The molecule has 2 aromatic rings. The fourth-order valence-electron chi connectivity index (χ4n) is 1.86. The third kappa shape index (κ3) is 3.59. The first-order chi connectivity index (χ1) is 9.91. The van der Waals surface area contributed by atoms with Gasteiger partial charge in [0, 0.05) is 12.6 Å². The van der Waals surface area contributed by atoms with Crippen molar-refractivity contribution in [1.82, 2.24) is 4.98 Å². The number of pyridine rings is 1. The largest absolute Gasteiger partial charge is 0.480 e. The number of alkyl halides is 3. The van der Waals surface area contributed by atoms with Crippen LogP contribution in [0.3, 0.4) is 0 Å². The maximum Gasteiger partial charge on any atom is 0.416 e. The molecule has 2 rings (SSSR count). The van der Waals surface area contributed by atoms with Crippen LogP contribution in [-0.4, -0.2) is 17.9 Å². The number of carbonyl (C=O) groups excluding carboxylic acids is 1. The van der Waals surface area contributed by atoms with Crippen molar-refractivity contribution in [1.29, 1.82) is 0 Å². The maximum atomic E-state index is 12.5. The molecule has 110 valence electrons. The summed E-state index contributed by atoms with van der Waals surface area (Å²) in [5, 5.41) is 0. The van der Waals surface area contributed by atoms with Crippen LogP contribution < -0.4 is 4.74 Å². The number of carbonyl (C=O) groups is 1. The lowest BCUT2D eigenvalue weighted by molar-refractivity contribution is -0.137. The second-order valence-corrected chi connectivity index (χ2v) is 4.35. The summed E-state index contributed by atoms with van der Waals surface area (Å²) in [5.41, 5.74) is 0.0662. The van der Waals surface area contributed by atoms with Gasteiger partial charge in [-0.2, -0.15) is 13.2 Å². The second-order valence-electron chi connectivity index (χ2n) is 4.35. The predicted molar refractivity (Wildman–Crippen MR) is 70.3 cm³/mol. The third-order valence-electron chi connectivity index (χ3n) is 2.91. The molecule has 0 radical (unpaired) electrons. The molecule has 0 amide bonds. The Morgan fingerprint density at radius 1 is 1.19 bits per heavy atom. The Morgan fingerprint density at radius 3 is 2.43 bits per heavy atom. The van der Waals surface area contributed by atoms with E-state index in [2.05, 4.69) is 4.98 Å². The number of Topliss-reactive ketones (excluding diaryl/α,β-unsaturated/α-hetero) is 1. The lowest BCUT2D eigenvalue weighted by Crippen LogP contribution is -2.08. The van der Waals surface area contributed by atoms with E-state index in [0.29, 0.717) is 11.1 Å². The molecule has 0 N–H and O–H groups in total. The van der Waals surface area contributed by atoms with E-state index in [4.69, 9.17) is 4.74 Å². The first-order valence-corrected chi connectivity index (χ1v) is 6.10. The number of hydrogen-bond donors (Lipinski definition) is 0. The monoisotopic (exact) mass is 295 g/mol. The zero-order chi connectivity index (χ0) is 15.5. The lowest BCUT2D eigenvalue weighted by atomic mass is 10.0. The van der Waals surface area contributed by atoms with Crippen LogP contribution in [0.4, 0.5) is 13.2 Å². The first kappa shape index (κ1) is 15.0. The van der Waals surface area contributed by atoms with Gasteiger partial charge in [0.25, 0.3) is 0 Å². The van der Waals surface area contributed by atoms with Crippen LogP contribution in [0.1, 0.15) is 21.5 Å². The molecule has 21 heavy (non-hydrogen) atoms. The molecule has 6 heteroatoms. The van der Waals surface area contributed by atoms with Crippen molar-refractivity contribution >= 4 is 5.78 Å². The minimum Gasteiger partial charge on any atom is -0.480 e. The summed E-state index contributed by atoms with van der Waals surface area (Å²) in [5.74, 6) is -0.0610. The summed E-state index contributed by atoms with van der Waals surface area (Å²) >= 11 is 0. The highest BCUT2D eigenvalue weighted by atomic mass is 19.4. The molecule has 0 atom stereocenters. The van der Waals surface area contributed by atoms with Crippen molar-refractivity contribution in [2.24, 2.45) is 0 Å². The van der Waals surface area contributed by atoms with E-state index < -0.39 is 11.7 Å². The van der Waals surface area contributed by atoms with Gasteiger partial charge in [-0.3, -0.25) is 4.79 Å². The Hall–Kier alpha value is -2.37. The molecule has 0 spiro atoms. The number of nitrogens with zero attached hydrogens (tertiary/aromatic N) is 1. The van der Waals surface area contributed by atoms with Gasteiger partial charge in [0.1, 0.15) is 0 Å². The fraction of sp³-hybridized carbons (Fsp3) is 0.200. The van der Waals surface area contributed by atoms with Crippen LogP contribution in [0.2, 0.25) is 0 Å². The van der Waals surface area contributed by atoms with Crippen LogP contribution >= 0.6 is 0 Å². The molecule has 1 heterocycles. The van der Waals surface area contributed by atoms with Crippen molar-refractivity contribution in [3.8, 4) is 5.88 Å². The highest BCUT2D eigenvalue weighted by Crippen LogP contribution is 2.29. The molecule has 0 fully saturated rings. The molecule has 3 nitrogen and oxygen atoms in total. The lowest BCUT2D eigenvalue weighted by Gasteiger charge is -2.08. The summed E-state index contributed by atoms with van der Waals surface area (Å²) in [6.07, 6.45) is -2.90. The summed E-state index contributed by atoms with van der Waals surface area (Å²) in [4.78, 5) is 16.0. The van der Waals surface area contributed by atoms with Gasteiger partial charge in [-0.05, 0) is 29.8 Å². The van der Waals surface area contributed by atoms with Crippen molar-refractivity contribution in [3.05, 3.63) is 59.3 Å². The molecule has 0 saturated heterocycles. The van der Waals surface area contributed by atoms with Gasteiger partial charge >= 0.3 is 6.18 Å². The summed E-state index contributed by atoms with van der Waals surface area (Å²) in [6.45, 7) is 0. The Balaban J connectivity index is 2.16. The number of rotatable bonds is 4. The van der Waals surface area contributed by atoms with Crippen molar-refractivity contribution < 1.29 is 22.7 Å². The first-order valence-electron chi connectivity index (χ1n) is 6.10. The van der Waals surface area contributed by atoms with Gasteiger partial charge < -0.3 is 4.74 Å². The van der Waals surface area contributed by atoms with Crippen molar-refractivity contribution in [2.45, 2.75) is 12.6 Å². The summed E-state index contributed by atoms with van der Waals surface area (Å²) in [7, 11) is 1.40. The molecule has 1 aromatic carbocycles. The molecule has 1 aromatic heterocycles. The van der Waals surface area contributed by atoms with Crippen LogP contribution in [0.25, 0.3) is 0 Å². The minimum absolute atomic E-state index is 0.0137. The van der Waals surface area contributed by atoms with Crippen LogP contribution in [0, 0.1) is 0 Å². The number of hydrogen-bond acceptors (Lipinski definition) is 3. The van der Waals surface area contributed by atoms with E-state index in [0.717, 1.165) is 12.1 Å². The van der Waals surface area contributed by atoms with Crippen LogP contribution in [0.15, 0.2) is 42.6 Å².